The van der Waals surface area contributed by atoms with E-state index in [-0.39, 0.29) is 18.0 Å². The van der Waals surface area contributed by atoms with Gasteiger partial charge in [-0.2, -0.15) is 0 Å². The lowest BCUT2D eigenvalue weighted by Gasteiger charge is -2.44. The molecule has 8 N–H and O–H groups in total. The summed E-state index contributed by atoms with van der Waals surface area (Å²) in [5, 5.41) is 58.5. The second kappa shape index (κ2) is 10.5. The van der Waals surface area contributed by atoms with E-state index in [0.29, 0.717) is 24.9 Å². The quantitative estimate of drug-likeness (QED) is 0.152. The highest BCUT2D eigenvalue weighted by Crippen LogP contribution is 2.26. The number of nitrogens with two attached hydrogens (primary N) is 1. The van der Waals surface area contributed by atoms with Crippen LogP contribution < -0.4 is 5.73 Å². The summed E-state index contributed by atoms with van der Waals surface area (Å²) in [6, 6.07) is 4.04. The van der Waals surface area contributed by atoms with Crippen LogP contribution in [0.15, 0.2) is 24.3 Å². The van der Waals surface area contributed by atoms with Crippen LogP contribution in [0, 0.1) is 0 Å². The third kappa shape index (κ3) is 5.66. The maximum atomic E-state index is 12.8. The number of amides is 1. The van der Waals surface area contributed by atoms with E-state index in [0.717, 1.165) is 0 Å². The first-order valence-electron chi connectivity index (χ1n) is 9.31. The van der Waals surface area contributed by atoms with Gasteiger partial charge in [0, 0.05) is 12.6 Å². The Bertz CT molecular complexity index is 711. The molecule has 2 rings (SSSR count). The summed E-state index contributed by atoms with van der Waals surface area (Å²) in [6.45, 7) is -0.0435. The molecule has 1 heterocycles. The minimum absolute atomic E-state index is 0.157. The van der Waals surface area contributed by atoms with Crippen molar-refractivity contribution in [3.63, 3.8) is 0 Å². The molecule has 29 heavy (non-hydrogen) atoms. The minimum atomic E-state index is -1.60. The predicted octanol–water partition coefficient (Wildman–Crippen LogP) is -1.52. The van der Waals surface area contributed by atoms with Gasteiger partial charge in [0.25, 0.3) is 0 Å². The molecule has 1 aromatic rings. The maximum absolute atomic E-state index is 12.8. The Balaban J connectivity index is 2.22. The second-order valence-electron chi connectivity index (χ2n) is 6.83. The lowest BCUT2D eigenvalue weighted by atomic mass is 9.97. The molecule has 0 bridgehead atoms. The van der Waals surface area contributed by atoms with E-state index in [1.54, 1.807) is 0 Å². The average molecular weight is 412 g/mol. The number of hydrogen-bond acceptors (Lipinski definition) is 9. The van der Waals surface area contributed by atoms with Crippen LogP contribution in [0.25, 0.3) is 6.08 Å². The molecule has 0 aromatic heterocycles. The van der Waals surface area contributed by atoms with Crippen LogP contribution in [-0.2, 0) is 9.53 Å². The molecular weight excluding hydrogens is 384 g/mol. The predicted molar refractivity (Wildman–Crippen MR) is 103 cm³/mol. The normalized spacial score (nSPS) is 27.3. The van der Waals surface area contributed by atoms with Gasteiger partial charge in [0.1, 0.15) is 24.4 Å². The summed E-state index contributed by atoms with van der Waals surface area (Å²) in [5.74, 6) is -1.19. The largest absolute Gasteiger partial charge is 0.504 e. The SMILES string of the molecule is NCCCCN(C(=O)/C=C/c1ccc(O)c(O)c1)C1O[C@H](CO)[C@@H](O)[C@H](O)[C@H]1O. The van der Waals surface area contributed by atoms with Crippen molar-refractivity contribution >= 4 is 12.0 Å². The smallest absolute Gasteiger partial charge is 0.248 e. The zero-order chi connectivity index (χ0) is 21.6. The second-order valence-corrected chi connectivity index (χ2v) is 6.83. The van der Waals surface area contributed by atoms with Crippen molar-refractivity contribution in [2.75, 3.05) is 19.7 Å². The molecule has 10 nitrogen and oxygen atoms in total. The molecule has 0 radical (unpaired) electrons. The van der Waals surface area contributed by atoms with Gasteiger partial charge < -0.3 is 46.0 Å². The summed E-state index contributed by atoms with van der Waals surface area (Å²) < 4.78 is 5.49. The van der Waals surface area contributed by atoms with Gasteiger partial charge in [0.2, 0.25) is 5.91 Å². The molecule has 1 amide bonds. The zero-order valence-corrected chi connectivity index (χ0v) is 15.8. The zero-order valence-electron chi connectivity index (χ0n) is 15.8. The number of nitrogens with zero attached hydrogens (tertiary/aromatic N) is 1. The number of hydrogen-bond donors (Lipinski definition) is 7. The van der Waals surface area contributed by atoms with Gasteiger partial charge in [0.05, 0.1) is 6.61 Å². The van der Waals surface area contributed by atoms with Crippen molar-refractivity contribution in [1.29, 1.82) is 0 Å². The van der Waals surface area contributed by atoms with Crippen LogP contribution in [0.1, 0.15) is 18.4 Å². The maximum Gasteiger partial charge on any atom is 0.248 e. The van der Waals surface area contributed by atoms with Crippen molar-refractivity contribution in [3.8, 4) is 11.5 Å². The number of aliphatic hydroxyl groups excluding tert-OH is 4. The summed E-state index contributed by atoms with van der Waals surface area (Å²) >= 11 is 0. The average Bonchev–Trinajstić information content (AvgIpc) is 2.71. The minimum Gasteiger partial charge on any atom is -0.504 e. The number of aliphatic hydroxyl groups is 4. The fourth-order valence-corrected chi connectivity index (χ4v) is 3.04. The number of aromatic hydroxyl groups is 2. The third-order valence-electron chi connectivity index (χ3n) is 4.73. The molecule has 5 atom stereocenters. The van der Waals surface area contributed by atoms with Crippen LogP contribution >= 0.6 is 0 Å². The van der Waals surface area contributed by atoms with E-state index in [2.05, 4.69) is 0 Å². The summed E-state index contributed by atoms with van der Waals surface area (Å²) in [6.07, 6.45) is -3.42. The fraction of sp³-hybridized carbons (Fsp3) is 0.526. The van der Waals surface area contributed by atoms with Crippen LogP contribution in [0.3, 0.4) is 0 Å². The standard InChI is InChI=1S/C19H28N2O8/c20-7-1-2-8-21(19-18(28)17(27)16(26)14(10-22)29-19)15(25)6-4-11-3-5-12(23)13(24)9-11/h3-6,9,14,16-19,22-24,26-28H,1-2,7-8,10,20H2/b6-4+/t14-,16-,17+,18-,19?/m1/s1. The number of phenols is 2. The molecule has 0 spiro atoms. The van der Waals surface area contributed by atoms with Crippen molar-refractivity contribution < 1.29 is 40.2 Å². The highest BCUT2D eigenvalue weighted by atomic mass is 16.6. The molecule has 1 aliphatic heterocycles. The first-order chi connectivity index (χ1) is 13.8. The Hall–Kier alpha value is -2.21. The molecule has 1 saturated heterocycles. The van der Waals surface area contributed by atoms with E-state index in [4.69, 9.17) is 10.5 Å². The lowest BCUT2D eigenvalue weighted by molar-refractivity contribution is -0.261. The molecule has 0 aliphatic carbocycles. The van der Waals surface area contributed by atoms with Crippen molar-refractivity contribution in [3.05, 3.63) is 29.8 Å². The first kappa shape index (κ1) is 23.1. The van der Waals surface area contributed by atoms with Gasteiger partial charge in [0.15, 0.2) is 17.7 Å². The molecule has 0 saturated carbocycles. The Kier molecular flexibility index (Phi) is 8.38. The topological polar surface area (TPSA) is 177 Å². The van der Waals surface area contributed by atoms with Crippen LogP contribution in [0.2, 0.25) is 0 Å². The first-order valence-corrected chi connectivity index (χ1v) is 9.31. The highest BCUT2D eigenvalue weighted by Gasteiger charge is 2.46. The Morgan fingerprint density at radius 1 is 1.10 bits per heavy atom. The van der Waals surface area contributed by atoms with Gasteiger partial charge in [-0.15, -0.1) is 0 Å². The molecule has 1 fully saturated rings. The number of carbonyl (C=O) groups is 1. The van der Waals surface area contributed by atoms with Gasteiger partial charge in [-0.1, -0.05) is 6.07 Å². The van der Waals surface area contributed by atoms with Crippen LogP contribution in [-0.4, -0.2) is 91.8 Å². The molecule has 1 aromatic carbocycles. The van der Waals surface area contributed by atoms with Gasteiger partial charge in [-0.25, -0.2) is 0 Å². The highest BCUT2D eigenvalue weighted by molar-refractivity contribution is 5.92. The van der Waals surface area contributed by atoms with Crippen molar-refractivity contribution in [2.45, 2.75) is 43.5 Å². The number of phenolic OH excluding ortho intramolecular Hbond substituents is 2. The Labute approximate surface area is 168 Å². The monoisotopic (exact) mass is 412 g/mol. The van der Waals surface area contributed by atoms with Gasteiger partial charge in [-0.3, -0.25) is 4.79 Å². The third-order valence-corrected chi connectivity index (χ3v) is 4.73. The van der Waals surface area contributed by atoms with Crippen molar-refractivity contribution in [2.24, 2.45) is 5.73 Å². The van der Waals surface area contributed by atoms with E-state index in [1.165, 1.54) is 35.3 Å². The molecule has 10 heteroatoms. The Morgan fingerprint density at radius 2 is 1.83 bits per heavy atom. The molecule has 162 valence electrons. The lowest BCUT2D eigenvalue weighted by Crippen LogP contribution is -2.64. The number of carbonyl (C=O) groups excluding carboxylic acids is 1. The van der Waals surface area contributed by atoms with Gasteiger partial charge in [-0.05, 0) is 43.2 Å². The summed E-state index contributed by atoms with van der Waals surface area (Å²) in [4.78, 5) is 14.0. The summed E-state index contributed by atoms with van der Waals surface area (Å²) in [7, 11) is 0. The number of unbranched alkanes of at least 4 members (excludes halogenated alkanes) is 1. The summed E-state index contributed by atoms with van der Waals surface area (Å²) in [5.41, 5.74) is 5.94. The fourth-order valence-electron chi connectivity index (χ4n) is 3.04. The van der Waals surface area contributed by atoms with Crippen molar-refractivity contribution in [1.82, 2.24) is 4.90 Å². The molecular formula is C19H28N2O8. The van der Waals surface area contributed by atoms with Crippen LogP contribution in [0.4, 0.5) is 0 Å². The van der Waals surface area contributed by atoms with E-state index >= 15 is 0 Å². The van der Waals surface area contributed by atoms with Crippen LogP contribution in [0.5, 0.6) is 11.5 Å². The van der Waals surface area contributed by atoms with E-state index < -0.39 is 43.2 Å². The van der Waals surface area contributed by atoms with E-state index in [9.17, 15) is 35.4 Å². The van der Waals surface area contributed by atoms with Gasteiger partial charge >= 0.3 is 0 Å². The Morgan fingerprint density at radius 3 is 2.45 bits per heavy atom. The van der Waals surface area contributed by atoms with E-state index in [1.807, 2.05) is 0 Å². The molecule has 1 aliphatic rings. The number of ether oxygens (including phenoxy) is 1. The molecule has 1 unspecified atom stereocenters. The number of benzene rings is 1. The number of rotatable bonds is 8.